The largest absolute Gasteiger partial charge is 0.493 e. The van der Waals surface area contributed by atoms with E-state index in [2.05, 4.69) is 14.1 Å². The Morgan fingerprint density at radius 3 is 1.00 bits per heavy atom. The summed E-state index contributed by atoms with van der Waals surface area (Å²) >= 11 is 0. The first-order chi connectivity index (χ1) is 35.7. The van der Waals surface area contributed by atoms with Crippen molar-refractivity contribution in [2.75, 3.05) is 139 Å². The van der Waals surface area contributed by atoms with Crippen LogP contribution in [0.1, 0.15) is 71.1 Å². The van der Waals surface area contributed by atoms with Gasteiger partial charge in [-0.2, -0.15) is 0 Å². The molecule has 6 rings (SSSR count). The fraction of sp³-hybridized carbons (Fsp3) is 0.536. The molecule has 4 aromatic rings. The first-order valence-corrected chi connectivity index (χ1v) is 24.9. The van der Waals surface area contributed by atoms with Crippen LogP contribution in [-0.2, 0) is 44.7 Å². The molecule has 2 aliphatic rings. The number of likely N-dealkylation sites (N-methyl/N-ethyl adjacent to an activating group) is 2. The van der Waals surface area contributed by atoms with E-state index in [1.165, 1.54) is 0 Å². The van der Waals surface area contributed by atoms with Crippen LogP contribution in [0.15, 0.2) is 36.4 Å². The predicted octanol–water partition coefficient (Wildman–Crippen LogP) is 7.71. The molecule has 4 atom stereocenters. The summed E-state index contributed by atoms with van der Waals surface area (Å²) in [5, 5.41) is 0. The van der Waals surface area contributed by atoms with Gasteiger partial charge in [-0.15, -0.1) is 0 Å². The summed E-state index contributed by atoms with van der Waals surface area (Å²) in [4.78, 5) is 26.2. The van der Waals surface area contributed by atoms with Gasteiger partial charge < -0.3 is 75.3 Å². The van der Waals surface area contributed by atoms with Gasteiger partial charge in [-0.25, -0.2) is 0 Å². The summed E-state index contributed by atoms with van der Waals surface area (Å²) in [5.41, 5.74) is 6.22. The van der Waals surface area contributed by atoms with Gasteiger partial charge in [-0.3, -0.25) is 9.59 Å². The quantitative estimate of drug-likeness (QED) is 0.0324. The van der Waals surface area contributed by atoms with Gasteiger partial charge in [0.05, 0.1) is 163 Å². The fourth-order valence-electron chi connectivity index (χ4n) is 11.0. The number of quaternary nitrogens is 2. The Morgan fingerprint density at radius 2 is 0.716 bits per heavy atom. The number of fused-ring (bicyclic) bond motifs is 2. The molecule has 406 valence electrons. The number of methoxy groups -OCH3 is 12. The standard InChI is InChI=1S/C56H78N2O16/c1-57(23-19-37-33-45(65-7)53(69-11)55(71-13)49(37)39(57)27-35-29-41(61-3)51(67-9)42(30-35)62-4)21-15-25-73-47(59)17-18-48(60)74-26-16-22-58(2)24-20-38-34-46(66-8)54(70-12)56(72-14)50(38)40(58)28-36-31-43(63-5)52(68-10)44(32-36)64-6/h29-34,39-40H,15-28H2,1-14H3/q+2/t39-,40+,57?,58?. The van der Waals surface area contributed by atoms with Gasteiger partial charge in [0.2, 0.25) is 23.0 Å². The normalized spacial score (nSPS) is 18.7. The number of esters is 2. The zero-order valence-electron chi connectivity index (χ0n) is 45.9. The molecule has 74 heavy (non-hydrogen) atoms. The van der Waals surface area contributed by atoms with Gasteiger partial charge in [-0.05, 0) is 58.7 Å². The van der Waals surface area contributed by atoms with Gasteiger partial charge in [0.1, 0.15) is 12.1 Å². The highest BCUT2D eigenvalue weighted by molar-refractivity contribution is 5.77. The topological polar surface area (TPSA) is 163 Å². The Hall–Kier alpha value is -6.66. The molecule has 18 heteroatoms. The lowest BCUT2D eigenvalue weighted by molar-refractivity contribution is -0.941. The van der Waals surface area contributed by atoms with E-state index < -0.39 is 11.9 Å². The van der Waals surface area contributed by atoms with Crippen molar-refractivity contribution in [3.05, 3.63) is 69.8 Å². The number of ether oxygens (including phenoxy) is 14. The highest BCUT2D eigenvalue weighted by Gasteiger charge is 2.45. The maximum atomic E-state index is 13.1. The molecular weight excluding hydrogens is 957 g/mol. The van der Waals surface area contributed by atoms with Crippen LogP contribution in [0.3, 0.4) is 0 Å². The molecule has 0 saturated carbocycles. The lowest BCUT2D eigenvalue weighted by Gasteiger charge is -2.46. The maximum Gasteiger partial charge on any atom is 0.306 e. The van der Waals surface area contributed by atoms with E-state index in [9.17, 15) is 9.59 Å². The molecule has 0 aliphatic carbocycles. The van der Waals surface area contributed by atoms with Crippen LogP contribution in [0, 0.1) is 0 Å². The monoisotopic (exact) mass is 1030 g/mol. The second kappa shape index (κ2) is 25.5. The number of hydrogen-bond donors (Lipinski definition) is 0. The summed E-state index contributed by atoms with van der Waals surface area (Å²) in [6.45, 7) is 3.35. The zero-order chi connectivity index (χ0) is 53.7. The minimum absolute atomic E-state index is 0.0898. The molecule has 2 unspecified atom stereocenters. The molecule has 4 aromatic carbocycles. The van der Waals surface area contributed by atoms with E-state index in [-0.39, 0.29) is 38.1 Å². The smallest absolute Gasteiger partial charge is 0.306 e. The molecule has 0 spiro atoms. The van der Waals surface area contributed by atoms with Gasteiger partial charge >= 0.3 is 11.9 Å². The Balaban J connectivity index is 1.08. The third kappa shape index (κ3) is 12.0. The number of benzene rings is 4. The van der Waals surface area contributed by atoms with Crippen LogP contribution < -0.4 is 56.8 Å². The van der Waals surface area contributed by atoms with Crippen LogP contribution in [0.2, 0.25) is 0 Å². The minimum Gasteiger partial charge on any atom is -0.493 e. The fourth-order valence-corrected chi connectivity index (χ4v) is 11.0. The van der Waals surface area contributed by atoms with Crippen molar-refractivity contribution >= 4 is 11.9 Å². The molecule has 18 nitrogen and oxygen atoms in total. The number of hydrogen-bond acceptors (Lipinski definition) is 16. The number of rotatable bonds is 27. The second-order valence-corrected chi connectivity index (χ2v) is 18.9. The molecule has 0 N–H and O–H groups in total. The molecule has 0 fully saturated rings. The lowest BCUT2D eigenvalue weighted by atomic mass is 9.85. The predicted molar refractivity (Wildman–Crippen MR) is 277 cm³/mol. The Kier molecular flexibility index (Phi) is 19.5. The van der Waals surface area contributed by atoms with E-state index in [1.54, 1.807) is 85.3 Å². The molecule has 2 aliphatic heterocycles. The van der Waals surface area contributed by atoms with Crippen LogP contribution in [0.5, 0.6) is 69.0 Å². The summed E-state index contributed by atoms with van der Waals surface area (Å²) in [5.74, 6) is 5.85. The third-order valence-electron chi connectivity index (χ3n) is 14.9. The Bertz CT molecular complexity index is 2360. The summed E-state index contributed by atoms with van der Waals surface area (Å²) in [7, 11) is 23.7. The van der Waals surface area contributed by atoms with Crippen LogP contribution in [0.4, 0.5) is 0 Å². The van der Waals surface area contributed by atoms with Crippen molar-refractivity contribution in [2.24, 2.45) is 0 Å². The molecule has 2 heterocycles. The van der Waals surface area contributed by atoms with E-state index >= 15 is 0 Å². The van der Waals surface area contributed by atoms with Gasteiger partial charge in [-0.1, -0.05) is 0 Å². The molecule has 0 saturated heterocycles. The number of nitrogens with zero attached hydrogens (tertiary/aromatic N) is 2. The summed E-state index contributed by atoms with van der Waals surface area (Å²) in [6, 6.07) is 11.7. The van der Waals surface area contributed by atoms with E-state index in [1.807, 2.05) is 36.4 Å². The molecular formula is C56H78N2O16+2. The minimum atomic E-state index is -0.457. The van der Waals surface area contributed by atoms with Crippen molar-refractivity contribution in [3.8, 4) is 69.0 Å². The van der Waals surface area contributed by atoms with Crippen molar-refractivity contribution in [1.82, 2.24) is 0 Å². The molecule has 0 aromatic heterocycles. The van der Waals surface area contributed by atoms with E-state index in [0.29, 0.717) is 117 Å². The average Bonchev–Trinajstić information content (AvgIpc) is 3.42. The lowest BCUT2D eigenvalue weighted by Crippen LogP contribution is -2.53. The summed E-state index contributed by atoms with van der Waals surface area (Å²) in [6.07, 6.45) is 3.69. The maximum absolute atomic E-state index is 13.1. The van der Waals surface area contributed by atoms with Crippen LogP contribution in [0.25, 0.3) is 0 Å². The van der Waals surface area contributed by atoms with Crippen molar-refractivity contribution in [1.29, 1.82) is 0 Å². The average molecular weight is 1040 g/mol. The molecule has 0 amide bonds. The van der Waals surface area contributed by atoms with Crippen molar-refractivity contribution < 1.29 is 84.9 Å². The van der Waals surface area contributed by atoms with Crippen LogP contribution in [-0.4, -0.2) is 160 Å². The van der Waals surface area contributed by atoms with E-state index in [0.717, 1.165) is 59.3 Å². The SMILES string of the molecule is COc1cc(C[C@@H]2c3c(cc(OC)c(OC)c3OC)CC[N+]2(C)CCCOC(=O)CCC(=O)OCCC[N+]2(C)CCc3cc(OC)c(OC)c(OC)c3[C@@H]2Cc2cc(OC)c(OC)c(OC)c2)cc(OC)c1OC. The van der Waals surface area contributed by atoms with Crippen molar-refractivity contribution in [3.63, 3.8) is 0 Å². The Labute approximate surface area is 436 Å². The third-order valence-corrected chi connectivity index (χ3v) is 14.9. The molecule has 0 bridgehead atoms. The summed E-state index contributed by atoms with van der Waals surface area (Å²) < 4.78 is 82.2. The van der Waals surface area contributed by atoms with Gasteiger partial charge in [0.25, 0.3) is 0 Å². The number of carbonyl (C=O) groups is 2. The first kappa shape index (κ1) is 56.6. The zero-order valence-corrected chi connectivity index (χ0v) is 45.9. The Morgan fingerprint density at radius 1 is 0.419 bits per heavy atom. The second-order valence-electron chi connectivity index (χ2n) is 18.9. The van der Waals surface area contributed by atoms with Gasteiger partial charge in [0, 0.05) is 38.5 Å². The first-order valence-electron chi connectivity index (χ1n) is 24.9. The van der Waals surface area contributed by atoms with Gasteiger partial charge in [0.15, 0.2) is 46.0 Å². The highest BCUT2D eigenvalue weighted by Crippen LogP contribution is 2.53. The highest BCUT2D eigenvalue weighted by atomic mass is 16.6. The number of carbonyl (C=O) groups excluding carboxylic acids is 2. The molecule has 0 radical (unpaired) electrons. The van der Waals surface area contributed by atoms with E-state index in [4.69, 9.17) is 66.3 Å². The van der Waals surface area contributed by atoms with Crippen LogP contribution >= 0.6 is 0 Å². The van der Waals surface area contributed by atoms with Crippen molar-refractivity contribution in [2.45, 2.75) is 63.5 Å².